The minimum atomic E-state index is -0.519. The highest BCUT2D eigenvalue weighted by atomic mass is 35.5. The molecule has 2 aliphatic heterocycles. The van der Waals surface area contributed by atoms with Gasteiger partial charge in [-0.3, -0.25) is 9.69 Å². The summed E-state index contributed by atoms with van der Waals surface area (Å²) in [4.78, 5) is 26.9. The fraction of sp³-hybridized carbons (Fsp3) is 0.550. The molecule has 1 saturated carbocycles. The van der Waals surface area contributed by atoms with Crippen LogP contribution in [0.5, 0.6) is 0 Å². The summed E-state index contributed by atoms with van der Waals surface area (Å²) in [6.07, 6.45) is 5.04. The van der Waals surface area contributed by atoms with E-state index >= 15 is 0 Å². The molecule has 0 bridgehead atoms. The van der Waals surface area contributed by atoms with E-state index in [1.54, 1.807) is 6.92 Å². The third-order valence-electron chi connectivity index (χ3n) is 6.10. The van der Waals surface area contributed by atoms with Gasteiger partial charge in [-0.1, -0.05) is 24.1 Å². The Balaban J connectivity index is 1.74. The third-order valence-corrected chi connectivity index (χ3v) is 6.40. The van der Waals surface area contributed by atoms with E-state index in [0.29, 0.717) is 37.2 Å². The van der Waals surface area contributed by atoms with Gasteiger partial charge in [-0.15, -0.1) is 0 Å². The first-order valence-electron chi connectivity index (χ1n) is 10.2. The molecule has 1 spiro atoms. The molecule has 2 fully saturated rings. The Morgan fingerprint density at radius 3 is 2.45 bits per heavy atom. The average Bonchev–Trinajstić information content (AvgIpc) is 2.68. The number of rotatable bonds is 2. The van der Waals surface area contributed by atoms with Crippen molar-refractivity contribution in [3.05, 3.63) is 23.2 Å². The first-order chi connectivity index (χ1) is 13.9. The second-order valence-electron chi connectivity index (χ2n) is 7.92. The molecular weight excluding hydrogens is 390 g/mol. The summed E-state index contributed by atoms with van der Waals surface area (Å²) in [5.74, 6) is 0.687. The summed E-state index contributed by atoms with van der Waals surface area (Å²) in [6, 6.07) is 5.84. The maximum absolute atomic E-state index is 11.7. The number of amides is 1. The lowest BCUT2D eigenvalue weighted by Gasteiger charge is -2.47. The molecule has 4 N–H and O–H groups in total. The number of aliphatic imine (C=N–C) groups is 2. The molecule has 0 atom stereocenters. The van der Waals surface area contributed by atoms with Gasteiger partial charge in [-0.2, -0.15) is 4.99 Å². The van der Waals surface area contributed by atoms with Crippen LogP contribution in [0.3, 0.4) is 0 Å². The molecular formula is C20H28ClN7O. The van der Waals surface area contributed by atoms with Crippen LogP contribution in [0.2, 0.25) is 5.02 Å². The number of benzene rings is 1. The lowest BCUT2D eigenvalue weighted by molar-refractivity contribution is -0.129. The number of para-hydroxylation sites is 1. The fourth-order valence-electron chi connectivity index (χ4n) is 4.71. The van der Waals surface area contributed by atoms with Crippen LogP contribution in [-0.4, -0.2) is 54.6 Å². The van der Waals surface area contributed by atoms with Gasteiger partial charge in [0.25, 0.3) is 0 Å². The Labute approximate surface area is 176 Å². The molecule has 0 unspecified atom stereocenters. The quantitative estimate of drug-likeness (QED) is 0.767. The SMILES string of the molecule is CC(=O)N1CCN(c2c(Cl)cccc2N2C(N)=NC(N)=NC23CCCCC3)CC1. The van der Waals surface area contributed by atoms with Crippen LogP contribution in [0, 0.1) is 0 Å². The molecule has 1 saturated heterocycles. The van der Waals surface area contributed by atoms with Gasteiger partial charge >= 0.3 is 0 Å². The number of carbonyl (C=O) groups is 1. The first-order valence-corrected chi connectivity index (χ1v) is 10.6. The van der Waals surface area contributed by atoms with Gasteiger partial charge in [-0.25, -0.2) is 4.99 Å². The summed E-state index contributed by atoms with van der Waals surface area (Å²) in [6.45, 7) is 4.36. The number of hydrogen-bond donors (Lipinski definition) is 2. The molecule has 0 radical (unpaired) electrons. The molecule has 1 aromatic carbocycles. The Hall–Kier alpha value is -2.48. The zero-order valence-corrected chi connectivity index (χ0v) is 17.5. The standard InChI is InChI=1S/C20H28ClN7O/c1-14(29)26-10-12-27(13-11-26)17-15(21)6-5-7-16(17)28-19(23)24-18(22)25-20(28)8-3-2-4-9-20/h5-7H,2-4,8-13H2,1H3,(H4,22,23,24,25). The number of halogens is 1. The van der Waals surface area contributed by atoms with E-state index in [1.165, 1.54) is 6.42 Å². The van der Waals surface area contributed by atoms with E-state index in [0.717, 1.165) is 37.1 Å². The molecule has 0 aromatic heterocycles. The highest BCUT2D eigenvalue weighted by Crippen LogP contribution is 2.45. The normalized spacial score (nSPS) is 21.8. The van der Waals surface area contributed by atoms with Crippen molar-refractivity contribution in [1.82, 2.24) is 4.90 Å². The number of piperazine rings is 1. The van der Waals surface area contributed by atoms with Crippen molar-refractivity contribution in [1.29, 1.82) is 0 Å². The zero-order valence-electron chi connectivity index (χ0n) is 16.8. The topological polar surface area (TPSA) is 104 Å². The molecule has 4 rings (SSSR count). The largest absolute Gasteiger partial charge is 0.369 e. The molecule has 8 nitrogen and oxygen atoms in total. The van der Waals surface area contributed by atoms with Crippen LogP contribution in [-0.2, 0) is 4.79 Å². The first kappa shape index (κ1) is 19.8. The molecule has 156 valence electrons. The molecule has 9 heteroatoms. The molecule has 1 aromatic rings. The second-order valence-corrected chi connectivity index (χ2v) is 8.33. The van der Waals surface area contributed by atoms with Gasteiger partial charge in [0, 0.05) is 33.1 Å². The Bertz CT molecular complexity index is 854. The van der Waals surface area contributed by atoms with Crippen molar-refractivity contribution in [2.24, 2.45) is 21.5 Å². The van der Waals surface area contributed by atoms with Crippen LogP contribution in [0.25, 0.3) is 0 Å². The Kier molecular flexibility index (Phi) is 5.29. The van der Waals surface area contributed by atoms with Crippen LogP contribution >= 0.6 is 11.6 Å². The summed E-state index contributed by atoms with van der Waals surface area (Å²) < 4.78 is 0. The van der Waals surface area contributed by atoms with Crippen LogP contribution in [0.1, 0.15) is 39.0 Å². The second kappa shape index (κ2) is 7.74. The summed E-state index contributed by atoms with van der Waals surface area (Å²) in [5, 5.41) is 0.653. The maximum Gasteiger partial charge on any atom is 0.220 e. The Morgan fingerprint density at radius 1 is 1.10 bits per heavy atom. The minimum absolute atomic E-state index is 0.0995. The maximum atomic E-state index is 11.7. The van der Waals surface area contributed by atoms with Crippen molar-refractivity contribution in [3.63, 3.8) is 0 Å². The highest BCUT2D eigenvalue weighted by Gasteiger charge is 2.44. The third kappa shape index (κ3) is 3.61. The van der Waals surface area contributed by atoms with Crippen molar-refractivity contribution >= 4 is 40.8 Å². The van der Waals surface area contributed by atoms with Crippen molar-refractivity contribution in [2.75, 3.05) is 36.0 Å². The van der Waals surface area contributed by atoms with Gasteiger partial charge in [0.1, 0.15) is 5.66 Å². The fourth-order valence-corrected chi connectivity index (χ4v) is 5.00. The summed E-state index contributed by atoms with van der Waals surface area (Å²) >= 11 is 6.69. The van der Waals surface area contributed by atoms with E-state index in [2.05, 4.69) is 9.89 Å². The minimum Gasteiger partial charge on any atom is -0.369 e. The molecule has 1 aliphatic carbocycles. The molecule has 1 amide bonds. The smallest absolute Gasteiger partial charge is 0.220 e. The van der Waals surface area contributed by atoms with Gasteiger partial charge in [0.05, 0.1) is 16.4 Å². The van der Waals surface area contributed by atoms with Gasteiger partial charge in [0.15, 0.2) is 0 Å². The van der Waals surface area contributed by atoms with E-state index in [1.807, 2.05) is 28.0 Å². The summed E-state index contributed by atoms with van der Waals surface area (Å²) in [7, 11) is 0. The molecule has 29 heavy (non-hydrogen) atoms. The number of nitrogens with zero attached hydrogens (tertiary/aromatic N) is 5. The predicted octanol–water partition coefficient (Wildman–Crippen LogP) is 2.12. The number of guanidine groups is 2. The Morgan fingerprint density at radius 2 is 1.79 bits per heavy atom. The van der Waals surface area contributed by atoms with Crippen molar-refractivity contribution in [2.45, 2.75) is 44.7 Å². The van der Waals surface area contributed by atoms with Crippen LogP contribution in [0.15, 0.2) is 28.2 Å². The van der Waals surface area contributed by atoms with Crippen LogP contribution < -0.4 is 21.3 Å². The zero-order chi connectivity index (χ0) is 20.6. The monoisotopic (exact) mass is 417 g/mol. The predicted molar refractivity (Wildman–Crippen MR) is 117 cm³/mol. The lowest BCUT2D eigenvalue weighted by atomic mass is 9.87. The van der Waals surface area contributed by atoms with Gasteiger partial charge in [0.2, 0.25) is 17.8 Å². The van der Waals surface area contributed by atoms with Crippen molar-refractivity contribution < 1.29 is 4.79 Å². The molecule has 2 heterocycles. The van der Waals surface area contributed by atoms with Gasteiger partial charge in [-0.05, 0) is 37.8 Å². The van der Waals surface area contributed by atoms with Crippen molar-refractivity contribution in [3.8, 4) is 0 Å². The van der Waals surface area contributed by atoms with E-state index in [9.17, 15) is 4.79 Å². The van der Waals surface area contributed by atoms with E-state index in [4.69, 9.17) is 28.1 Å². The number of nitrogens with two attached hydrogens (primary N) is 2. The van der Waals surface area contributed by atoms with E-state index < -0.39 is 5.66 Å². The molecule has 3 aliphatic rings. The van der Waals surface area contributed by atoms with E-state index in [-0.39, 0.29) is 11.9 Å². The highest BCUT2D eigenvalue weighted by molar-refractivity contribution is 6.34. The summed E-state index contributed by atoms with van der Waals surface area (Å²) in [5.41, 5.74) is 13.7. The number of anilines is 2. The number of carbonyl (C=O) groups excluding carboxylic acids is 1. The van der Waals surface area contributed by atoms with Crippen LogP contribution in [0.4, 0.5) is 11.4 Å². The average molecular weight is 418 g/mol. The number of hydrogen-bond acceptors (Lipinski definition) is 7. The lowest BCUT2D eigenvalue weighted by Crippen LogP contribution is -2.59. The van der Waals surface area contributed by atoms with Gasteiger partial charge < -0.3 is 21.3 Å².